The van der Waals surface area contributed by atoms with E-state index in [2.05, 4.69) is 0 Å². The molecule has 0 aromatic carbocycles. The van der Waals surface area contributed by atoms with Gasteiger partial charge in [0.1, 0.15) is 5.76 Å². The van der Waals surface area contributed by atoms with E-state index in [1.165, 1.54) is 6.92 Å². The third-order valence-corrected chi connectivity index (χ3v) is 2.19. The number of hydrogen-bond donors (Lipinski definition) is 1. The summed E-state index contributed by atoms with van der Waals surface area (Å²) in [5, 5.41) is 9.20. The molecule has 0 bridgehead atoms. The number of aliphatic hydroxyl groups excluding tert-OH is 1. The highest BCUT2D eigenvalue weighted by molar-refractivity contribution is 5.97. The molecule has 0 atom stereocenters. The third kappa shape index (κ3) is 1.09. The minimum Gasteiger partial charge on any atom is -0.502 e. The standard InChI is InChI=1S/C9H8O5/c1-4-6(10)9(12)14-7(4)5-2-3-13-8(5)11/h10H,2-3H2,1H3/b7-5+. The van der Waals surface area contributed by atoms with Crippen LogP contribution in [0.1, 0.15) is 13.3 Å². The fourth-order valence-corrected chi connectivity index (χ4v) is 1.41. The van der Waals surface area contributed by atoms with Gasteiger partial charge in [0.2, 0.25) is 5.76 Å². The molecule has 5 heteroatoms. The summed E-state index contributed by atoms with van der Waals surface area (Å²) in [6.45, 7) is 1.82. The Morgan fingerprint density at radius 1 is 1.29 bits per heavy atom. The maximum absolute atomic E-state index is 11.1. The quantitative estimate of drug-likeness (QED) is 0.453. The van der Waals surface area contributed by atoms with Crippen molar-refractivity contribution in [1.82, 2.24) is 0 Å². The lowest BCUT2D eigenvalue weighted by molar-refractivity contribution is -0.136. The largest absolute Gasteiger partial charge is 0.502 e. The van der Waals surface area contributed by atoms with Crippen LogP contribution < -0.4 is 0 Å². The molecule has 2 aliphatic heterocycles. The maximum atomic E-state index is 11.1. The normalized spacial score (nSPS) is 26.9. The van der Waals surface area contributed by atoms with E-state index in [1.54, 1.807) is 0 Å². The zero-order valence-electron chi connectivity index (χ0n) is 7.49. The molecule has 0 radical (unpaired) electrons. The highest BCUT2D eigenvalue weighted by atomic mass is 16.6. The molecule has 0 aromatic rings. The average Bonchev–Trinajstić information content (AvgIpc) is 2.66. The first-order valence-electron chi connectivity index (χ1n) is 4.14. The minimum atomic E-state index is -0.815. The van der Waals surface area contributed by atoms with Gasteiger partial charge in [0, 0.05) is 12.0 Å². The SMILES string of the molecule is CC1=C(O)C(=O)O/C1=C1\CCOC1=O. The number of aliphatic hydroxyl groups is 1. The van der Waals surface area contributed by atoms with Gasteiger partial charge in [-0.1, -0.05) is 0 Å². The number of ether oxygens (including phenoxy) is 2. The number of esters is 2. The molecule has 2 heterocycles. The summed E-state index contributed by atoms with van der Waals surface area (Å²) in [6, 6.07) is 0. The molecular formula is C9H8O5. The smallest absolute Gasteiger partial charge is 0.379 e. The molecule has 2 rings (SSSR count). The second-order valence-electron chi connectivity index (χ2n) is 3.06. The van der Waals surface area contributed by atoms with Gasteiger partial charge in [0.15, 0.2) is 0 Å². The van der Waals surface area contributed by atoms with Crippen LogP contribution in [0.2, 0.25) is 0 Å². The second-order valence-corrected chi connectivity index (χ2v) is 3.06. The van der Waals surface area contributed by atoms with Crippen molar-refractivity contribution in [1.29, 1.82) is 0 Å². The van der Waals surface area contributed by atoms with Crippen molar-refractivity contribution in [3.05, 3.63) is 22.7 Å². The van der Waals surface area contributed by atoms with Crippen LogP contribution in [0.4, 0.5) is 0 Å². The summed E-state index contributed by atoms with van der Waals surface area (Å²) in [6.07, 6.45) is 0.409. The fourth-order valence-electron chi connectivity index (χ4n) is 1.41. The van der Waals surface area contributed by atoms with E-state index in [-0.39, 0.29) is 5.76 Å². The molecule has 1 fully saturated rings. The molecule has 0 spiro atoms. The Morgan fingerprint density at radius 2 is 2.00 bits per heavy atom. The molecule has 0 saturated carbocycles. The first-order valence-corrected chi connectivity index (χ1v) is 4.14. The molecule has 0 aliphatic carbocycles. The Morgan fingerprint density at radius 3 is 2.43 bits per heavy atom. The number of rotatable bonds is 0. The summed E-state index contributed by atoms with van der Waals surface area (Å²) >= 11 is 0. The molecular weight excluding hydrogens is 188 g/mol. The van der Waals surface area contributed by atoms with Crippen LogP contribution in [0, 0.1) is 0 Å². The fraction of sp³-hybridized carbons (Fsp3) is 0.333. The molecule has 0 unspecified atom stereocenters. The number of carbonyl (C=O) groups is 2. The first-order chi connectivity index (χ1) is 6.61. The zero-order valence-corrected chi connectivity index (χ0v) is 7.49. The van der Waals surface area contributed by atoms with E-state index in [1.807, 2.05) is 0 Å². The summed E-state index contributed by atoms with van der Waals surface area (Å²) in [5.74, 6) is -1.59. The van der Waals surface area contributed by atoms with Gasteiger partial charge < -0.3 is 14.6 Å². The van der Waals surface area contributed by atoms with Gasteiger partial charge in [-0.3, -0.25) is 0 Å². The third-order valence-electron chi connectivity index (χ3n) is 2.19. The van der Waals surface area contributed by atoms with Crippen LogP contribution in [0.15, 0.2) is 22.7 Å². The average molecular weight is 196 g/mol. The number of hydrogen-bond acceptors (Lipinski definition) is 5. The molecule has 0 amide bonds. The predicted octanol–water partition coefficient (Wildman–Crippen LogP) is 0.576. The molecule has 1 N–H and O–H groups in total. The molecule has 14 heavy (non-hydrogen) atoms. The van der Waals surface area contributed by atoms with Crippen molar-refractivity contribution in [2.24, 2.45) is 0 Å². The van der Waals surface area contributed by atoms with Crippen LogP contribution in [-0.2, 0) is 19.1 Å². The zero-order chi connectivity index (χ0) is 10.3. The summed E-state index contributed by atoms with van der Waals surface area (Å²) in [5.41, 5.74) is 0.615. The predicted molar refractivity (Wildman–Crippen MR) is 44.0 cm³/mol. The molecule has 1 saturated heterocycles. The number of carbonyl (C=O) groups excluding carboxylic acids is 2. The molecule has 74 valence electrons. The summed E-state index contributed by atoms with van der Waals surface area (Å²) in [7, 11) is 0. The topological polar surface area (TPSA) is 72.8 Å². The van der Waals surface area contributed by atoms with Crippen molar-refractivity contribution >= 4 is 11.9 Å². The highest BCUT2D eigenvalue weighted by Crippen LogP contribution is 2.30. The molecule has 2 aliphatic rings. The lowest BCUT2D eigenvalue weighted by Gasteiger charge is -1.99. The van der Waals surface area contributed by atoms with E-state index >= 15 is 0 Å². The van der Waals surface area contributed by atoms with Crippen molar-refractivity contribution in [2.75, 3.05) is 6.61 Å². The summed E-state index contributed by atoms with van der Waals surface area (Å²) in [4.78, 5) is 22.1. The summed E-state index contributed by atoms with van der Waals surface area (Å²) < 4.78 is 9.46. The Kier molecular flexibility index (Phi) is 1.80. The van der Waals surface area contributed by atoms with E-state index in [0.717, 1.165) is 0 Å². The Hall–Kier alpha value is -1.78. The Labute approximate surface area is 79.6 Å². The van der Waals surface area contributed by atoms with Gasteiger partial charge in [0.25, 0.3) is 0 Å². The Balaban J connectivity index is 2.47. The second kappa shape index (κ2) is 2.87. The minimum absolute atomic E-state index is 0.148. The van der Waals surface area contributed by atoms with E-state index in [0.29, 0.717) is 24.2 Å². The van der Waals surface area contributed by atoms with Crippen LogP contribution in [0.25, 0.3) is 0 Å². The molecule has 0 aromatic heterocycles. The van der Waals surface area contributed by atoms with Crippen molar-refractivity contribution in [3.63, 3.8) is 0 Å². The highest BCUT2D eigenvalue weighted by Gasteiger charge is 2.34. The van der Waals surface area contributed by atoms with Crippen molar-refractivity contribution in [2.45, 2.75) is 13.3 Å². The van der Waals surface area contributed by atoms with Gasteiger partial charge in [-0.2, -0.15) is 0 Å². The first kappa shape index (κ1) is 8.80. The Bertz CT molecular complexity index is 388. The van der Waals surface area contributed by atoms with Gasteiger partial charge in [0.05, 0.1) is 12.2 Å². The number of allylic oxidation sites excluding steroid dienone is 1. The van der Waals surface area contributed by atoms with Crippen LogP contribution in [-0.4, -0.2) is 23.7 Å². The number of cyclic esters (lactones) is 2. The monoisotopic (exact) mass is 196 g/mol. The van der Waals surface area contributed by atoms with Crippen LogP contribution >= 0.6 is 0 Å². The molecule has 5 nitrogen and oxygen atoms in total. The van der Waals surface area contributed by atoms with Gasteiger partial charge in [-0.15, -0.1) is 0 Å². The van der Waals surface area contributed by atoms with Crippen molar-refractivity contribution in [3.8, 4) is 0 Å². The maximum Gasteiger partial charge on any atom is 0.379 e. The van der Waals surface area contributed by atoms with E-state index in [4.69, 9.17) is 9.47 Å². The van der Waals surface area contributed by atoms with Crippen LogP contribution in [0.5, 0.6) is 0 Å². The lowest BCUT2D eigenvalue weighted by atomic mass is 10.1. The lowest BCUT2D eigenvalue weighted by Crippen LogP contribution is -2.02. The van der Waals surface area contributed by atoms with E-state index in [9.17, 15) is 14.7 Å². The van der Waals surface area contributed by atoms with Crippen LogP contribution in [0.3, 0.4) is 0 Å². The van der Waals surface area contributed by atoms with E-state index < -0.39 is 17.7 Å². The van der Waals surface area contributed by atoms with Gasteiger partial charge >= 0.3 is 11.9 Å². The van der Waals surface area contributed by atoms with Gasteiger partial charge in [-0.05, 0) is 6.92 Å². The van der Waals surface area contributed by atoms with Crippen molar-refractivity contribution < 1.29 is 24.2 Å². The van der Waals surface area contributed by atoms with Gasteiger partial charge in [-0.25, -0.2) is 9.59 Å².